The number of rotatable bonds is 3. The molecule has 1 aromatic rings. The third-order valence-corrected chi connectivity index (χ3v) is 5.06. The number of amides is 1. The minimum atomic E-state index is 0.187. The molecule has 0 radical (unpaired) electrons. The lowest BCUT2D eigenvalue weighted by molar-refractivity contribution is -0.132. The minimum Gasteiger partial charge on any atom is -0.378 e. The lowest BCUT2D eigenvalue weighted by atomic mass is 10.1. The highest BCUT2D eigenvalue weighted by Gasteiger charge is 2.21. The van der Waals surface area contributed by atoms with Crippen LogP contribution in [0, 0.1) is 13.8 Å². The number of morpholine rings is 1. The SMILES string of the molecule is Cc1cc(CC(=O)N2CCN(C)CC2)nc(N2CCOCC2)c1C. The van der Waals surface area contributed by atoms with Gasteiger partial charge in [-0.25, -0.2) is 4.98 Å². The molecule has 3 rings (SSSR count). The second-order valence-electron chi connectivity index (χ2n) is 6.84. The third-order valence-electron chi connectivity index (χ3n) is 5.06. The lowest BCUT2D eigenvalue weighted by Crippen LogP contribution is -2.47. The van der Waals surface area contributed by atoms with Gasteiger partial charge in [0, 0.05) is 39.3 Å². The van der Waals surface area contributed by atoms with Gasteiger partial charge in [0.25, 0.3) is 0 Å². The zero-order valence-corrected chi connectivity index (χ0v) is 15.0. The van der Waals surface area contributed by atoms with E-state index < -0.39 is 0 Å². The zero-order valence-electron chi connectivity index (χ0n) is 15.0. The normalized spacial score (nSPS) is 19.6. The number of aryl methyl sites for hydroxylation is 1. The van der Waals surface area contributed by atoms with Gasteiger partial charge in [-0.05, 0) is 38.1 Å². The number of aromatic nitrogens is 1. The van der Waals surface area contributed by atoms with Crippen molar-refractivity contribution >= 4 is 11.7 Å². The van der Waals surface area contributed by atoms with Crippen molar-refractivity contribution in [3.63, 3.8) is 0 Å². The summed E-state index contributed by atoms with van der Waals surface area (Å²) in [5.74, 6) is 1.20. The summed E-state index contributed by atoms with van der Waals surface area (Å²) in [4.78, 5) is 23.9. The molecule has 6 nitrogen and oxygen atoms in total. The van der Waals surface area contributed by atoms with E-state index in [2.05, 4.69) is 36.8 Å². The Hall–Kier alpha value is -1.66. The van der Waals surface area contributed by atoms with E-state index in [0.717, 1.165) is 64.0 Å². The Bertz CT molecular complexity index is 591. The summed E-state index contributed by atoms with van der Waals surface area (Å²) in [6.07, 6.45) is 0.391. The van der Waals surface area contributed by atoms with Crippen molar-refractivity contribution in [2.45, 2.75) is 20.3 Å². The smallest absolute Gasteiger partial charge is 0.228 e. The molecule has 6 heteroatoms. The number of piperazine rings is 1. The van der Waals surface area contributed by atoms with Crippen LogP contribution < -0.4 is 4.90 Å². The number of carbonyl (C=O) groups is 1. The Labute approximate surface area is 144 Å². The predicted molar refractivity (Wildman–Crippen MR) is 94.5 cm³/mol. The average Bonchev–Trinajstić information content (AvgIpc) is 2.59. The van der Waals surface area contributed by atoms with Gasteiger partial charge in [-0.15, -0.1) is 0 Å². The molecule has 0 aliphatic carbocycles. The van der Waals surface area contributed by atoms with Crippen LogP contribution in [0.15, 0.2) is 6.07 Å². The van der Waals surface area contributed by atoms with Crippen LogP contribution in [-0.4, -0.2) is 80.2 Å². The second-order valence-corrected chi connectivity index (χ2v) is 6.84. The van der Waals surface area contributed by atoms with Crippen molar-refractivity contribution in [1.82, 2.24) is 14.8 Å². The maximum atomic E-state index is 12.6. The van der Waals surface area contributed by atoms with E-state index >= 15 is 0 Å². The Morgan fingerprint density at radius 2 is 1.79 bits per heavy atom. The first-order valence-corrected chi connectivity index (χ1v) is 8.80. The van der Waals surface area contributed by atoms with Gasteiger partial charge in [0.1, 0.15) is 5.82 Å². The van der Waals surface area contributed by atoms with Crippen molar-refractivity contribution < 1.29 is 9.53 Å². The third kappa shape index (κ3) is 3.87. The highest BCUT2D eigenvalue weighted by molar-refractivity contribution is 5.78. The minimum absolute atomic E-state index is 0.187. The Morgan fingerprint density at radius 3 is 2.46 bits per heavy atom. The van der Waals surface area contributed by atoms with E-state index in [0.29, 0.717) is 6.42 Å². The van der Waals surface area contributed by atoms with Crippen molar-refractivity contribution in [2.24, 2.45) is 0 Å². The second kappa shape index (κ2) is 7.49. The summed E-state index contributed by atoms with van der Waals surface area (Å²) in [5.41, 5.74) is 3.28. The van der Waals surface area contributed by atoms with Crippen molar-refractivity contribution in [3.8, 4) is 0 Å². The lowest BCUT2D eigenvalue weighted by Gasteiger charge is -2.32. The van der Waals surface area contributed by atoms with Crippen LogP contribution >= 0.6 is 0 Å². The van der Waals surface area contributed by atoms with Crippen LogP contribution in [0.5, 0.6) is 0 Å². The van der Waals surface area contributed by atoms with E-state index in [9.17, 15) is 4.79 Å². The monoisotopic (exact) mass is 332 g/mol. The van der Waals surface area contributed by atoms with Gasteiger partial charge in [0.2, 0.25) is 5.91 Å². The van der Waals surface area contributed by atoms with Gasteiger partial charge in [0.15, 0.2) is 0 Å². The van der Waals surface area contributed by atoms with E-state index in [1.54, 1.807) is 0 Å². The van der Waals surface area contributed by atoms with Crippen molar-refractivity contribution in [1.29, 1.82) is 0 Å². The molecule has 1 aromatic heterocycles. The van der Waals surface area contributed by atoms with Crippen LogP contribution in [0.1, 0.15) is 16.8 Å². The van der Waals surface area contributed by atoms with Gasteiger partial charge in [0.05, 0.1) is 25.3 Å². The van der Waals surface area contributed by atoms with Crippen LogP contribution in [0.2, 0.25) is 0 Å². The number of carbonyl (C=O) groups excluding carboxylic acids is 1. The first kappa shape index (κ1) is 17.2. The standard InChI is InChI=1S/C18H28N4O2/c1-14-12-16(13-17(23)21-6-4-20(3)5-7-21)19-18(15(14)2)22-8-10-24-11-9-22/h12H,4-11,13H2,1-3H3. The first-order chi connectivity index (χ1) is 11.5. The Kier molecular flexibility index (Phi) is 5.36. The van der Waals surface area contributed by atoms with Crippen LogP contribution in [0.25, 0.3) is 0 Å². The average molecular weight is 332 g/mol. The van der Waals surface area contributed by atoms with E-state index in [4.69, 9.17) is 9.72 Å². The van der Waals surface area contributed by atoms with Gasteiger partial charge >= 0.3 is 0 Å². The molecule has 0 saturated carbocycles. The molecule has 1 amide bonds. The van der Waals surface area contributed by atoms with Gasteiger partial charge in [-0.2, -0.15) is 0 Å². The highest BCUT2D eigenvalue weighted by Crippen LogP contribution is 2.23. The molecular formula is C18H28N4O2. The number of nitrogens with zero attached hydrogens (tertiary/aromatic N) is 4. The maximum absolute atomic E-state index is 12.6. The molecule has 2 aliphatic heterocycles. The Morgan fingerprint density at radius 1 is 1.12 bits per heavy atom. The van der Waals surface area contributed by atoms with E-state index in [-0.39, 0.29) is 5.91 Å². The molecule has 24 heavy (non-hydrogen) atoms. The highest BCUT2D eigenvalue weighted by atomic mass is 16.5. The number of anilines is 1. The van der Waals surface area contributed by atoms with Crippen LogP contribution in [0.4, 0.5) is 5.82 Å². The number of hydrogen-bond donors (Lipinski definition) is 0. The molecule has 0 spiro atoms. The van der Waals surface area contributed by atoms with E-state index in [1.807, 2.05) is 4.90 Å². The molecular weight excluding hydrogens is 304 g/mol. The van der Waals surface area contributed by atoms with Gasteiger partial charge in [-0.3, -0.25) is 4.79 Å². The summed E-state index contributed by atoms with van der Waals surface area (Å²) in [7, 11) is 2.10. The summed E-state index contributed by atoms with van der Waals surface area (Å²) in [6, 6.07) is 2.06. The fourth-order valence-corrected chi connectivity index (χ4v) is 3.28. The van der Waals surface area contributed by atoms with Crippen LogP contribution in [-0.2, 0) is 16.0 Å². The number of hydrogen-bond acceptors (Lipinski definition) is 5. The predicted octanol–water partition coefficient (Wildman–Crippen LogP) is 0.852. The van der Waals surface area contributed by atoms with Crippen LogP contribution in [0.3, 0.4) is 0 Å². The van der Waals surface area contributed by atoms with Gasteiger partial charge in [-0.1, -0.05) is 0 Å². The van der Waals surface area contributed by atoms with Gasteiger partial charge < -0.3 is 19.4 Å². The molecule has 132 valence electrons. The molecule has 2 saturated heterocycles. The summed E-state index contributed by atoms with van der Waals surface area (Å²) in [6.45, 7) is 11.0. The fourth-order valence-electron chi connectivity index (χ4n) is 3.28. The molecule has 3 heterocycles. The Balaban J connectivity index is 1.73. The topological polar surface area (TPSA) is 48.9 Å². The van der Waals surface area contributed by atoms with E-state index in [1.165, 1.54) is 11.1 Å². The molecule has 2 aliphatic rings. The molecule has 0 aromatic carbocycles. The maximum Gasteiger partial charge on any atom is 0.228 e. The molecule has 0 atom stereocenters. The van der Waals surface area contributed by atoms with Crippen molar-refractivity contribution in [2.75, 3.05) is 64.4 Å². The summed E-state index contributed by atoms with van der Waals surface area (Å²) < 4.78 is 5.44. The number of likely N-dealkylation sites (N-methyl/N-ethyl adjacent to an activating group) is 1. The largest absolute Gasteiger partial charge is 0.378 e. The molecule has 0 bridgehead atoms. The first-order valence-electron chi connectivity index (χ1n) is 8.80. The van der Waals surface area contributed by atoms with Crippen molar-refractivity contribution in [3.05, 3.63) is 22.9 Å². The quantitative estimate of drug-likeness (QED) is 0.821. The molecule has 0 unspecified atom stereocenters. The molecule has 2 fully saturated rings. The molecule has 0 N–H and O–H groups in total. The fraction of sp³-hybridized carbons (Fsp3) is 0.667. The zero-order chi connectivity index (χ0) is 17.1. The number of ether oxygens (including phenoxy) is 1. The summed E-state index contributed by atoms with van der Waals surface area (Å²) in [5, 5.41) is 0. The number of pyridine rings is 1. The summed E-state index contributed by atoms with van der Waals surface area (Å²) >= 11 is 0.